The number of fused-ring (bicyclic) bond motifs is 2. The Balaban J connectivity index is 1.14. The predicted molar refractivity (Wildman–Crippen MR) is 103 cm³/mol. The van der Waals surface area contributed by atoms with E-state index < -0.39 is 0 Å². The molecular weight excluding hydrogens is 340 g/mol. The van der Waals surface area contributed by atoms with E-state index in [0.29, 0.717) is 0 Å². The summed E-state index contributed by atoms with van der Waals surface area (Å²) in [5.41, 5.74) is 1.73. The van der Waals surface area contributed by atoms with Gasteiger partial charge in [-0.25, -0.2) is 9.48 Å². The number of benzene rings is 1. The highest BCUT2D eigenvalue weighted by Crippen LogP contribution is 2.46. The van der Waals surface area contributed by atoms with Crippen molar-refractivity contribution in [3.63, 3.8) is 0 Å². The summed E-state index contributed by atoms with van der Waals surface area (Å²) >= 11 is 0. The van der Waals surface area contributed by atoms with Gasteiger partial charge < -0.3 is 10.2 Å². The Bertz CT molecular complexity index is 781. The van der Waals surface area contributed by atoms with Crippen molar-refractivity contribution in [3.8, 4) is 5.69 Å². The number of amides is 2. The van der Waals surface area contributed by atoms with E-state index in [1.54, 1.807) is 17.1 Å². The maximum Gasteiger partial charge on any atom is 0.321 e. The van der Waals surface area contributed by atoms with Crippen LogP contribution < -0.4 is 5.32 Å². The van der Waals surface area contributed by atoms with Crippen molar-refractivity contribution in [2.24, 2.45) is 11.8 Å². The number of hydrogen-bond acceptors (Lipinski definition) is 4. The van der Waals surface area contributed by atoms with Crippen molar-refractivity contribution in [3.05, 3.63) is 36.7 Å². The average Bonchev–Trinajstić information content (AvgIpc) is 3.47. The van der Waals surface area contributed by atoms with Crippen LogP contribution in [0.4, 0.5) is 10.5 Å². The zero-order valence-electron chi connectivity index (χ0n) is 15.5. The largest absolute Gasteiger partial charge is 0.322 e. The zero-order valence-corrected chi connectivity index (χ0v) is 15.5. The third kappa shape index (κ3) is 3.32. The van der Waals surface area contributed by atoms with Crippen LogP contribution in [0.3, 0.4) is 0 Å². The molecule has 1 aliphatic heterocycles. The maximum absolute atomic E-state index is 12.6. The third-order valence-corrected chi connectivity index (χ3v) is 6.58. The van der Waals surface area contributed by atoms with Gasteiger partial charge in [-0.2, -0.15) is 0 Å². The van der Waals surface area contributed by atoms with E-state index >= 15 is 0 Å². The van der Waals surface area contributed by atoms with Crippen LogP contribution in [0.2, 0.25) is 0 Å². The van der Waals surface area contributed by atoms with Gasteiger partial charge in [0.2, 0.25) is 0 Å². The lowest BCUT2D eigenvalue weighted by molar-refractivity contribution is 0.0860. The van der Waals surface area contributed by atoms with Crippen molar-refractivity contribution in [1.82, 2.24) is 24.8 Å². The van der Waals surface area contributed by atoms with Gasteiger partial charge in [0.05, 0.1) is 18.1 Å². The van der Waals surface area contributed by atoms with Crippen LogP contribution in [-0.4, -0.2) is 63.0 Å². The quantitative estimate of drug-likeness (QED) is 0.907. The van der Waals surface area contributed by atoms with E-state index in [0.717, 1.165) is 55.4 Å². The first-order chi connectivity index (χ1) is 13.3. The van der Waals surface area contributed by atoms with Crippen LogP contribution in [0.25, 0.3) is 5.69 Å². The molecule has 3 fully saturated rings. The highest BCUT2D eigenvalue weighted by Gasteiger charge is 2.42. The Kier molecular flexibility index (Phi) is 4.32. The number of rotatable bonds is 3. The number of nitrogens with one attached hydrogen (secondary N) is 1. The number of carbonyl (C=O) groups is 1. The van der Waals surface area contributed by atoms with E-state index in [2.05, 4.69) is 20.5 Å². The number of hydrogen-bond donors (Lipinski definition) is 1. The van der Waals surface area contributed by atoms with E-state index in [1.807, 2.05) is 29.2 Å². The molecule has 3 aliphatic rings. The molecule has 2 bridgehead atoms. The molecule has 2 amide bonds. The maximum atomic E-state index is 12.6. The Morgan fingerprint density at radius 2 is 1.85 bits per heavy atom. The molecule has 2 aromatic rings. The molecule has 2 saturated carbocycles. The van der Waals surface area contributed by atoms with Crippen LogP contribution in [0.15, 0.2) is 36.7 Å². The molecule has 3 atom stereocenters. The Morgan fingerprint density at radius 1 is 1.04 bits per heavy atom. The van der Waals surface area contributed by atoms with Crippen molar-refractivity contribution in [2.75, 3.05) is 31.5 Å². The van der Waals surface area contributed by atoms with E-state index in [-0.39, 0.29) is 6.03 Å². The minimum atomic E-state index is -0.00361. The molecular formula is C20H26N6O. The van der Waals surface area contributed by atoms with Crippen molar-refractivity contribution >= 4 is 11.7 Å². The monoisotopic (exact) mass is 366 g/mol. The van der Waals surface area contributed by atoms with Crippen molar-refractivity contribution < 1.29 is 4.79 Å². The van der Waals surface area contributed by atoms with Gasteiger partial charge >= 0.3 is 6.03 Å². The lowest BCUT2D eigenvalue weighted by Gasteiger charge is -2.40. The minimum Gasteiger partial charge on any atom is -0.322 e. The second-order valence-electron chi connectivity index (χ2n) is 8.09. The molecule has 27 heavy (non-hydrogen) atoms. The van der Waals surface area contributed by atoms with Gasteiger partial charge in [0, 0.05) is 37.9 Å². The van der Waals surface area contributed by atoms with Crippen LogP contribution in [-0.2, 0) is 0 Å². The highest BCUT2D eigenvalue weighted by molar-refractivity contribution is 5.89. The summed E-state index contributed by atoms with van der Waals surface area (Å²) in [6.45, 7) is 3.65. The zero-order chi connectivity index (χ0) is 18.2. The number of anilines is 1. The van der Waals surface area contributed by atoms with Crippen molar-refractivity contribution in [1.29, 1.82) is 0 Å². The van der Waals surface area contributed by atoms with Crippen LogP contribution >= 0.6 is 0 Å². The second kappa shape index (κ2) is 6.96. The molecule has 2 heterocycles. The number of piperazine rings is 1. The second-order valence-corrected chi connectivity index (χ2v) is 8.09. The SMILES string of the molecule is O=C(Nc1ccc(-n2ccnn2)cc1)N1CCN([C@@H]2C[C@@H]3CC[C@H]2C3)CC1. The number of urea groups is 1. The lowest BCUT2D eigenvalue weighted by Crippen LogP contribution is -2.53. The summed E-state index contributed by atoms with van der Waals surface area (Å²) in [7, 11) is 0. The number of nitrogens with zero attached hydrogens (tertiary/aromatic N) is 5. The molecule has 1 aromatic heterocycles. The molecule has 2 aliphatic carbocycles. The van der Waals surface area contributed by atoms with E-state index in [1.165, 1.54) is 25.7 Å². The molecule has 5 rings (SSSR count). The first kappa shape index (κ1) is 16.7. The fourth-order valence-electron chi connectivity index (χ4n) is 5.16. The summed E-state index contributed by atoms with van der Waals surface area (Å²) in [5.74, 6) is 1.89. The van der Waals surface area contributed by atoms with Gasteiger partial charge in [0.1, 0.15) is 0 Å². The number of carbonyl (C=O) groups excluding carboxylic acids is 1. The number of aromatic nitrogens is 3. The molecule has 0 unspecified atom stereocenters. The standard InChI is InChI=1S/C20H26N6O/c27-20(22-17-3-5-18(6-4-17)26-8-7-21-23-26)25-11-9-24(10-12-25)19-14-15-1-2-16(19)13-15/h3-8,15-16,19H,1-2,9-14H2,(H,22,27)/t15-,16+,19-/m1/s1. The van der Waals surface area contributed by atoms with Gasteiger partial charge in [-0.3, -0.25) is 4.90 Å². The van der Waals surface area contributed by atoms with Crippen LogP contribution in [0, 0.1) is 11.8 Å². The summed E-state index contributed by atoms with van der Waals surface area (Å²) in [5, 5.41) is 10.8. The topological polar surface area (TPSA) is 66.3 Å². The lowest BCUT2D eigenvalue weighted by atomic mass is 9.93. The van der Waals surface area contributed by atoms with Gasteiger partial charge in [-0.15, -0.1) is 5.10 Å². The van der Waals surface area contributed by atoms with Gasteiger partial charge in [-0.05, 0) is 55.4 Å². The fourth-order valence-corrected chi connectivity index (χ4v) is 5.16. The molecule has 1 saturated heterocycles. The third-order valence-electron chi connectivity index (χ3n) is 6.58. The highest BCUT2D eigenvalue weighted by atomic mass is 16.2. The summed E-state index contributed by atoms with van der Waals surface area (Å²) in [6.07, 6.45) is 9.13. The summed E-state index contributed by atoms with van der Waals surface area (Å²) < 4.78 is 1.69. The Morgan fingerprint density at radius 3 is 2.48 bits per heavy atom. The smallest absolute Gasteiger partial charge is 0.321 e. The summed E-state index contributed by atoms with van der Waals surface area (Å²) in [6, 6.07) is 8.43. The minimum absolute atomic E-state index is 0.00361. The van der Waals surface area contributed by atoms with Gasteiger partial charge in [-0.1, -0.05) is 11.6 Å². The molecule has 7 nitrogen and oxygen atoms in total. The van der Waals surface area contributed by atoms with Gasteiger partial charge in [0.25, 0.3) is 0 Å². The fraction of sp³-hybridized carbons (Fsp3) is 0.550. The van der Waals surface area contributed by atoms with E-state index in [9.17, 15) is 4.79 Å². The normalized spacial score (nSPS) is 27.9. The molecule has 1 aromatic carbocycles. The Hall–Kier alpha value is -2.41. The van der Waals surface area contributed by atoms with Crippen molar-refractivity contribution in [2.45, 2.75) is 31.7 Å². The van der Waals surface area contributed by atoms with E-state index in [4.69, 9.17) is 0 Å². The first-order valence-corrected chi connectivity index (χ1v) is 10.0. The Labute approximate surface area is 159 Å². The van der Waals surface area contributed by atoms with Crippen LogP contribution in [0.1, 0.15) is 25.7 Å². The predicted octanol–water partition coefficient (Wildman–Crippen LogP) is 2.61. The van der Waals surface area contributed by atoms with Crippen LogP contribution in [0.5, 0.6) is 0 Å². The average molecular weight is 366 g/mol. The first-order valence-electron chi connectivity index (χ1n) is 10.0. The molecule has 142 valence electrons. The molecule has 7 heteroatoms. The molecule has 0 spiro atoms. The molecule has 1 N–H and O–H groups in total. The summed E-state index contributed by atoms with van der Waals surface area (Å²) in [4.78, 5) is 17.2. The molecule has 0 radical (unpaired) electrons. The van der Waals surface area contributed by atoms with Gasteiger partial charge in [0.15, 0.2) is 0 Å².